The third-order valence-electron chi connectivity index (χ3n) is 4.29. The lowest BCUT2D eigenvalue weighted by atomic mass is 9.93. The molecule has 3 rings (SSSR count). The van der Waals surface area contributed by atoms with Crippen molar-refractivity contribution in [1.29, 1.82) is 0 Å². The first-order chi connectivity index (χ1) is 11.6. The summed E-state index contributed by atoms with van der Waals surface area (Å²) in [6, 6.07) is 6.58. The largest absolute Gasteiger partial charge is 0.480 e. The molecule has 0 bridgehead atoms. The summed E-state index contributed by atoms with van der Waals surface area (Å²) in [5.41, 5.74) is 1.70. The van der Waals surface area contributed by atoms with Crippen LogP contribution in [0.15, 0.2) is 24.3 Å². The number of carboxylic acid groups (broad SMARTS) is 1. The number of aliphatic carboxylic acids is 1. The Morgan fingerprint density at radius 3 is 2.50 bits per heavy atom. The molecule has 0 aromatic heterocycles. The zero-order valence-electron chi connectivity index (χ0n) is 13.3. The lowest BCUT2D eigenvalue weighted by Gasteiger charge is -2.28. The van der Waals surface area contributed by atoms with Crippen molar-refractivity contribution in [2.45, 2.75) is 23.5 Å². The van der Waals surface area contributed by atoms with Crippen LogP contribution in [0.3, 0.4) is 0 Å². The van der Waals surface area contributed by atoms with Crippen molar-refractivity contribution in [2.75, 3.05) is 24.7 Å². The van der Waals surface area contributed by atoms with Gasteiger partial charge in [-0.3, -0.25) is 4.79 Å². The molecule has 1 aromatic carbocycles. The van der Waals surface area contributed by atoms with Crippen LogP contribution in [0.25, 0.3) is 0 Å². The standard InChI is InChI=1S/C17H21NO4S2/c19-15(18-14(16(20)21)13-2-1-7-22-10-13)11-3-5-12(6-4-11)17-23-8-9-24-17/h3-6,13-14,17H,1-2,7-10H2,(H,18,19)(H,20,21). The van der Waals surface area contributed by atoms with Crippen LogP contribution in [0.1, 0.15) is 33.3 Å². The van der Waals surface area contributed by atoms with E-state index in [1.807, 2.05) is 35.7 Å². The first-order valence-electron chi connectivity index (χ1n) is 8.10. The second kappa shape index (κ2) is 8.27. The summed E-state index contributed by atoms with van der Waals surface area (Å²) >= 11 is 3.83. The summed E-state index contributed by atoms with van der Waals surface area (Å²) < 4.78 is 5.79. The van der Waals surface area contributed by atoms with Crippen LogP contribution in [-0.4, -0.2) is 47.7 Å². The average Bonchev–Trinajstić information content (AvgIpc) is 3.15. The van der Waals surface area contributed by atoms with Gasteiger partial charge in [0.2, 0.25) is 0 Å². The molecule has 0 aliphatic carbocycles. The van der Waals surface area contributed by atoms with Crippen molar-refractivity contribution < 1.29 is 19.4 Å². The summed E-state index contributed by atoms with van der Waals surface area (Å²) in [7, 11) is 0. The van der Waals surface area contributed by atoms with Crippen LogP contribution in [-0.2, 0) is 9.53 Å². The Morgan fingerprint density at radius 1 is 1.21 bits per heavy atom. The van der Waals surface area contributed by atoms with Gasteiger partial charge in [-0.25, -0.2) is 4.79 Å². The number of carboxylic acids is 1. The maximum absolute atomic E-state index is 12.4. The van der Waals surface area contributed by atoms with Gasteiger partial charge in [-0.15, -0.1) is 23.5 Å². The Kier molecular flexibility index (Phi) is 6.08. The quantitative estimate of drug-likeness (QED) is 0.833. The van der Waals surface area contributed by atoms with Gasteiger partial charge in [0.15, 0.2) is 0 Å². The third-order valence-corrected chi connectivity index (χ3v) is 7.39. The van der Waals surface area contributed by atoms with Crippen LogP contribution < -0.4 is 5.32 Å². The number of hydrogen-bond acceptors (Lipinski definition) is 5. The van der Waals surface area contributed by atoms with E-state index in [9.17, 15) is 14.7 Å². The Morgan fingerprint density at radius 2 is 1.92 bits per heavy atom. The molecule has 130 valence electrons. The molecule has 1 aromatic rings. The van der Waals surface area contributed by atoms with E-state index in [1.165, 1.54) is 5.56 Å². The van der Waals surface area contributed by atoms with Crippen molar-refractivity contribution in [2.24, 2.45) is 5.92 Å². The molecular weight excluding hydrogens is 346 g/mol. The lowest BCUT2D eigenvalue weighted by molar-refractivity contribution is -0.142. The number of benzene rings is 1. The molecule has 1 amide bonds. The highest BCUT2D eigenvalue weighted by molar-refractivity contribution is 8.19. The van der Waals surface area contributed by atoms with E-state index in [0.29, 0.717) is 23.4 Å². The number of hydrogen-bond donors (Lipinski definition) is 2. The molecule has 2 unspecified atom stereocenters. The van der Waals surface area contributed by atoms with Crippen LogP contribution in [0.2, 0.25) is 0 Å². The van der Waals surface area contributed by atoms with E-state index >= 15 is 0 Å². The number of thioether (sulfide) groups is 2. The Labute approximate surface area is 149 Å². The van der Waals surface area contributed by atoms with E-state index in [1.54, 1.807) is 12.1 Å². The van der Waals surface area contributed by atoms with Gasteiger partial charge in [-0.1, -0.05) is 12.1 Å². The minimum Gasteiger partial charge on any atom is -0.480 e. The summed E-state index contributed by atoms with van der Waals surface area (Å²) in [4.78, 5) is 23.9. The van der Waals surface area contributed by atoms with Crippen molar-refractivity contribution in [3.8, 4) is 0 Å². The van der Waals surface area contributed by atoms with Gasteiger partial charge in [0, 0.05) is 29.6 Å². The fourth-order valence-electron chi connectivity index (χ4n) is 2.98. The fraction of sp³-hybridized carbons (Fsp3) is 0.529. The van der Waals surface area contributed by atoms with E-state index < -0.39 is 12.0 Å². The zero-order valence-corrected chi connectivity index (χ0v) is 14.9. The van der Waals surface area contributed by atoms with Gasteiger partial charge >= 0.3 is 5.97 Å². The molecule has 2 aliphatic rings. The molecule has 2 fully saturated rings. The molecule has 0 radical (unpaired) electrons. The first kappa shape index (κ1) is 17.6. The number of amides is 1. The maximum atomic E-state index is 12.4. The number of rotatable bonds is 5. The van der Waals surface area contributed by atoms with Crippen molar-refractivity contribution in [1.82, 2.24) is 5.32 Å². The summed E-state index contributed by atoms with van der Waals surface area (Å²) in [5.74, 6) is 0.786. The average molecular weight is 367 g/mol. The molecule has 0 spiro atoms. The number of carbonyl (C=O) groups excluding carboxylic acids is 1. The second-order valence-corrected chi connectivity index (χ2v) is 8.69. The molecule has 24 heavy (non-hydrogen) atoms. The van der Waals surface area contributed by atoms with Gasteiger partial charge in [0.1, 0.15) is 6.04 Å². The molecule has 2 N–H and O–H groups in total. The van der Waals surface area contributed by atoms with Crippen LogP contribution in [0.5, 0.6) is 0 Å². The first-order valence-corrected chi connectivity index (χ1v) is 10.2. The minimum atomic E-state index is -1.01. The monoisotopic (exact) mass is 367 g/mol. The Bertz CT molecular complexity index is 581. The van der Waals surface area contributed by atoms with Crippen molar-refractivity contribution >= 4 is 35.4 Å². The maximum Gasteiger partial charge on any atom is 0.326 e. The van der Waals surface area contributed by atoms with E-state index in [0.717, 1.165) is 24.3 Å². The zero-order chi connectivity index (χ0) is 16.9. The minimum absolute atomic E-state index is 0.175. The molecule has 0 saturated carbocycles. The predicted octanol–water partition coefficient (Wildman–Crippen LogP) is 2.77. The van der Waals surface area contributed by atoms with E-state index in [4.69, 9.17) is 4.74 Å². The number of ether oxygens (including phenoxy) is 1. The highest BCUT2D eigenvalue weighted by Crippen LogP contribution is 2.45. The molecule has 5 nitrogen and oxygen atoms in total. The predicted molar refractivity (Wildman–Crippen MR) is 96.5 cm³/mol. The van der Waals surface area contributed by atoms with Gasteiger partial charge in [0.05, 0.1) is 11.2 Å². The van der Waals surface area contributed by atoms with Crippen molar-refractivity contribution in [3.63, 3.8) is 0 Å². The molecule has 2 heterocycles. The van der Waals surface area contributed by atoms with Crippen LogP contribution in [0, 0.1) is 5.92 Å². The van der Waals surface area contributed by atoms with Gasteiger partial charge < -0.3 is 15.2 Å². The van der Waals surface area contributed by atoms with Crippen LogP contribution >= 0.6 is 23.5 Å². The van der Waals surface area contributed by atoms with Gasteiger partial charge in [-0.2, -0.15) is 0 Å². The Balaban J connectivity index is 1.64. The topological polar surface area (TPSA) is 75.6 Å². The van der Waals surface area contributed by atoms with Gasteiger partial charge in [0.25, 0.3) is 5.91 Å². The number of carbonyl (C=O) groups is 2. The van der Waals surface area contributed by atoms with Crippen LogP contribution in [0.4, 0.5) is 0 Å². The van der Waals surface area contributed by atoms with Gasteiger partial charge in [-0.05, 0) is 30.5 Å². The summed E-state index contributed by atoms with van der Waals surface area (Å²) in [6.07, 6.45) is 1.59. The number of nitrogens with one attached hydrogen (secondary N) is 1. The van der Waals surface area contributed by atoms with E-state index in [-0.39, 0.29) is 11.8 Å². The molecule has 2 aliphatic heterocycles. The normalized spacial score (nSPS) is 22.9. The lowest BCUT2D eigenvalue weighted by Crippen LogP contribution is -2.48. The SMILES string of the molecule is O=C(NC(C(=O)O)C1CCCOC1)c1ccc(C2SCCS2)cc1. The Hall–Kier alpha value is -1.18. The van der Waals surface area contributed by atoms with Crippen molar-refractivity contribution in [3.05, 3.63) is 35.4 Å². The highest BCUT2D eigenvalue weighted by Gasteiger charge is 2.31. The molecule has 2 atom stereocenters. The third kappa shape index (κ3) is 4.26. The fourth-order valence-corrected chi connectivity index (χ4v) is 5.84. The summed E-state index contributed by atoms with van der Waals surface area (Å²) in [6.45, 7) is 1.04. The highest BCUT2D eigenvalue weighted by atomic mass is 32.2. The second-order valence-electron chi connectivity index (χ2n) is 5.96. The smallest absolute Gasteiger partial charge is 0.326 e. The van der Waals surface area contributed by atoms with E-state index in [2.05, 4.69) is 5.32 Å². The summed E-state index contributed by atoms with van der Waals surface area (Å²) in [5, 5.41) is 12.1. The molecule has 7 heteroatoms. The molecular formula is C17H21NO4S2. The molecule has 2 saturated heterocycles.